The van der Waals surface area contributed by atoms with Crippen molar-refractivity contribution in [3.8, 4) is 11.3 Å². The average Bonchev–Trinajstić information content (AvgIpc) is 3.08. The van der Waals surface area contributed by atoms with Gasteiger partial charge in [0.15, 0.2) is 0 Å². The number of nitrogens with zero attached hydrogens (tertiary/aromatic N) is 3. The molecule has 5 nitrogen and oxygen atoms in total. The van der Waals surface area contributed by atoms with Crippen LogP contribution in [0.2, 0.25) is 0 Å². The molecule has 0 bridgehead atoms. The highest BCUT2D eigenvalue weighted by Crippen LogP contribution is 2.35. The highest BCUT2D eigenvalue weighted by Gasteiger charge is 2.31. The molecule has 0 atom stereocenters. The molecule has 0 aliphatic heterocycles. The minimum Gasteiger partial charge on any atom is -0.478 e. The van der Waals surface area contributed by atoms with E-state index in [4.69, 9.17) is 5.11 Å². The topological polar surface area (TPSA) is 65.8 Å². The van der Waals surface area contributed by atoms with Gasteiger partial charge in [0, 0.05) is 18.2 Å². The number of carboxylic acids is 1. The fourth-order valence-electron chi connectivity index (χ4n) is 2.47. The van der Waals surface area contributed by atoms with Gasteiger partial charge in [0.1, 0.15) is 11.5 Å². The standard InChI is InChI=1S/C19H12F5N3O2S/c1-27(25-9-11-5-6-13(20)8-14(11)17(28)29)18-26-15(16(21)30-18)10-3-2-4-12(7-10)19(22,23)24/h2-9H,1H3,(H,28,29)/b25-9+. The molecule has 11 heteroatoms. The number of alkyl halides is 3. The number of thiazole rings is 1. The van der Waals surface area contributed by atoms with Crippen LogP contribution in [0.5, 0.6) is 0 Å². The van der Waals surface area contributed by atoms with Crippen molar-refractivity contribution < 1.29 is 31.9 Å². The summed E-state index contributed by atoms with van der Waals surface area (Å²) >= 11 is 0.556. The first-order chi connectivity index (χ1) is 14.1. The van der Waals surface area contributed by atoms with Crippen LogP contribution in [0.25, 0.3) is 11.3 Å². The Morgan fingerprint density at radius 3 is 2.60 bits per heavy atom. The van der Waals surface area contributed by atoms with Crippen LogP contribution in [-0.4, -0.2) is 29.3 Å². The third-order valence-corrected chi connectivity index (χ3v) is 4.84. The molecule has 30 heavy (non-hydrogen) atoms. The summed E-state index contributed by atoms with van der Waals surface area (Å²) in [5.41, 5.74) is -1.46. The Morgan fingerprint density at radius 2 is 1.93 bits per heavy atom. The Labute approximate surface area is 170 Å². The Morgan fingerprint density at radius 1 is 1.20 bits per heavy atom. The zero-order chi connectivity index (χ0) is 22.1. The lowest BCUT2D eigenvalue weighted by Crippen LogP contribution is -2.10. The molecular formula is C19H12F5N3O2S. The monoisotopic (exact) mass is 441 g/mol. The van der Waals surface area contributed by atoms with Gasteiger partial charge in [0.2, 0.25) is 10.3 Å². The Kier molecular flexibility index (Phi) is 5.83. The second-order valence-electron chi connectivity index (χ2n) is 6.00. The largest absolute Gasteiger partial charge is 0.478 e. The zero-order valence-electron chi connectivity index (χ0n) is 15.1. The minimum absolute atomic E-state index is 0.0233. The summed E-state index contributed by atoms with van der Waals surface area (Å²) in [6.45, 7) is 0. The first-order valence-corrected chi connectivity index (χ1v) is 9.02. The Bertz CT molecular complexity index is 1130. The maximum Gasteiger partial charge on any atom is 0.416 e. The number of hydrogen-bond acceptors (Lipinski definition) is 5. The number of hydrogen-bond donors (Lipinski definition) is 1. The van der Waals surface area contributed by atoms with Gasteiger partial charge in [-0.25, -0.2) is 19.2 Å². The van der Waals surface area contributed by atoms with Crippen molar-refractivity contribution in [2.75, 3.05) is 12.1 Å². The van der Waals surface area contributed by atoms with E-state index in [0.717, 1.165) is 41.6 Å². The normalized spacial score (nSPS) is 11.8. The summed E-state index contributed by atoms with van der Waals surface area (Å²) in [6, 6.07) is 7.23. The van der Waals surface area contributed by atoms with Crippen LogP contribution in [-0.2, 0) is 6.18 Å². The van der Waals surface area contributed by atoms with E-state index >= 15 is 0 Å². The lowest BCUT2D eigenvalue weighted by molar-refractivity contribution is -0.137. The SMILES string of the molecule is CN(/N=C/c1ccc(F)cc1C(=O)O)c1nc(-c2cccc(C(F)(F)F)c2)c(F)s1. The summed E-state index contributed by atoms with van der Waals surface area (Å²) in [7, 11) is 1.40. The van der Waals surface area contributed by atoms with Crippen LogP contribution in [0.4, 0.5) is 27.1 Å². The van der Waals surface area contributed by atoms with Gasteiger partial charge in [0.05, 0.1) is 17.3 Å². The predicted octanol–water partition coefficient (Wildman–Crippen LogP) is 5.28. The van der Waals surface area contributed by atoms with Gasteiger partial charge in [-0.15, -0.1) is 0 Å². The average molecular weight is 441 g/mol. The molecule has 1 heterocycles. The van der Waals surface area contributed by atoms with E-state index in [0.29, 0.717) is 11.3 Å². The van der Waals surface area contributed by atoms with Crippen LogP contribution in [0.3, 0.4) is 0 Å². The maximum atomic E-state index is 14.3. The number of halogens is 5. The summed E-state index contributed by atoms with van der Waals surface area (Å²) < 4.78 is 66.3. The Hall–Kier alpha value is -3.34. The fourth-order valence-corrected chi connectivity index (χ4v) is 3.21. The number of aromatic nitrogens is 1. The zero-order valence-corrected chi connectivity index (χ0v) is 15.9. The van der Waals surface area contributed by atoms with Gasteiger partial charge in [-0.2, -0.15) is 22.7 Å². The van der Waals surface area contributed by atoms with Crippen LogP contribution < -0.4 is 5.01 Å². The molecule has 0 saturated carbocycles. The summed E-state index contributed by atoms with van der Waals surface area (Å²) in [5.74, 6) is -2.09. The van der Waals surface area contributed by atoms with Gasteiger partial charge >= 0.3 is 12.1 Å². The maximum absolute atomic E-state index is 14.3. The van der Waals surface area contributed by atoms with Gasteiger partial charge in [-0.05, 0) is 30.3 Å². The van der Waals surface area contributed by atoms with Crippen molar-refractivity contribution in [1.29, 1.82) is 0 Å². The smallest absolute Gasteiger partial charge is 0.416 e. The van der Waals surface area contributed by atoms with Crippen LogP contribution in [0.1, 0.15) is 21.5 Å². The van der Waals surface area contributed by atoms with E-state index in [2.05, 4.69) is 10.1 Å². The number of carboxylic acid groups (broad SMARTS) is 1. The predicted molar refractivity (Wildman–Crippen MR) is 102 cm³/mol. The van der Waals surface area contributed by atoms with Crippen LogP contribution >= 0.6 is 11.3 Å². The second-order valence-corrected chi connectivity index (χ2v) is 6.93. The number of carbonyl (C=O) groups is 1. The number of hydrazone groups is 1. The number of aromatic carboxylic acids is 1. The molecule has 0 saturated heterocycles. The number of anilines is 1. The number of rotatable bonds is 5. The van der Waals surface area contributed by atoms with E-state index in [-0.39, 0.29) is 27.5 Å². The number of benzene rings is 2. The van der Waals surface area contributed by atoms with Crippen LogP contribution in [0, 0.1) is 10.9 Å². The third-order valence-electron chi connectivity index (χ3n) is 3.93. The van der Waals surface area contributed by atoms with Crippen molar-refractivity contribution in [3.05, 3.63) is 70.1 Å². The van der Waals surface area contributed by atoms with E-state index < -0.39 is 28.7 Å². The lowest BCUT2D eigenvalue weighted by atomic mass is 10.1. The highest BCUT2D eigenvalue weighted by molar-refractivity contribution is 7.14. The molecule has 3 aromatic rings. The van der Waals surface area contributed by atoms with E-state index in [1.807, 2.05) is 0 Å². The first-order valence-electron chi connectivity index (χ1n) is 8.21. The van der Waals surface area contributed by atoms with Gasteiger partial charge < -0.3 is 5.11 Å². The van der Waals surface area contributed by atoms with Gasteiger partial charge in [-0.1, -0.05) is 23.5 Å². The third kappa shape index (κ3) is 4.62. The van der Waals surface area contributed by atoms with Gasteiger partial charge in [-0.3, -0.25) is 0 Å². The molecule has 2 aromatic carbocycles. The molecule has 0 fully saturated rings. The van der Waals surface area contributed by atoms with E-state index in [9.17, 15) is 26.7 Å². The summed E-state index contributed by atoms with van der Waals surface area (Å²) in [4.78, 5) is 15.2. The quantitative estimate of drug-likeness (QED) is 0.333. The van der Waals surface area contributed by atoms with Crippen molar-refractivity contribution in [1.82, 2.24) is 4.98 Å². The van der Waals surface area contributed by atoms with Crippen molar-refractivity contribution >= 4 is 28.7 Å². The second kappa shape index (κ2) is 8.19. The summed E-state index contributed by atoms with van der Waals surface area (Å²) in [6.07, 6.45) is -3.45. The molecular weight excluding hydrogens is 429 g/mol. The molecule has 156 valence electrons. The van der Waals surface area contributed by atoms with Gasteiger partial charge in [0.25, 0.3) is 0 Å². The summed E-state index contributed by atoms with van der Waals surface area (Å²) in [5, 5.41) is 13.4. The van der Waals surface area contributed by atoms with E-state index in [1.165, 1.54) is 19.2 Å². The molecule has 1 aromatic heterocycles. The minimum atomic E-state index is -4.58. The van der Waals surface area contributed by atoms with Crippen molar-refractivity contribution in [3.63, 3.8) is 0 Å². The van der Waals surface area contributed by atoms with Crippen LogP contribution in [0.15, 0.2) is 47.6 Å². The molecule has 0 radical (unpaired) electrons. The Balaban J connectivity index is 1.89. The lowest BCUT2D eigenvalue weighted by Gasteiger charge is -2.09. The van der Waals surface area contributed by atoms with Crippen molar-refractivity contribution in [2.45, 2.75) is 6.18 Å². The molecule has 0 unspecified atom stereocenters. The molecule has 0 aliphatic carbocycles. The fraction of sp³-hybridized carbons (Fsp3) is 0.105. The first kappa shape index (κ1) is 21.4. The van der Waals surface area contributed by atoms with Crippen molar-refractivity contribution in [2.24, 2.45) is 5.10 Å². The molecule has 0 aliphatic rings. The molecule has 3 rings (SSSR count). The molecule has 0 amide bonds. The molecule has 0 spiro atoms. The molecule has 1 N–H and O–H groups in total. The highest BCUT2D eigenvalue weighted by atomic mass is 32.1. The van der Waals surface area contributed by atoms with E-state index in [1.54, 1.807) is 0 Å².